The number of nitrogens with two attached hydrogens (primary N) is 1. The van der Waals surface area contributed by atoms with Gasteiger partial charge in [-0.1, -0.05) is 24.3 Å². The SMILES string of the molecule is CSCc1ccc(C(=O)Nc2ccc(CS(N)(=O)=O)cc2)cc1. The van der Waals surface area contributed by atoms with E-state index in [1.54, 1.807) is 48.2 Å². The van der Waals surface area contributed by atoms with Crippen molar-refractivity contribution in [2.24, 2.45) is 5.14 Å². The van der Waals surface area contributed by atoms with Crippen LogP contribution in [0.25, 0.3) is 0 Å². The van der Waals surface area contributed by atoms with Gasteiger partial charge in [0.15, 0.2) is 0 Å². The number of sulfonamides is 1. The van der Waals surface area contributed by atoms with E-state index in [9.17, 15) is 13.2 Å². The van der Waals surface area contributed by atoms with Gasteiger partial charge in [-0.05, 0) is 41.6 Å². The van der Waals surface area contributed by atoms with E-state index in [4.69, 9.17) is 5.14 Å². The molecule has 2 rings (SSSR count). The largest absolute Gasteiger partial charge is 0.322 e. The van der Waals surface area contributed by atoms with Crippen molar-refractivity contribution in [1.82, 2.24) is 0 Å². The summed E-state index contributed by atoms with van der Waals surface area (Å²) in [6.45, 7) is 0. The highest BCUT2D eigenvalue weighted by molar-refractivity contribution is 7.97. The fourth-order valence-electron chi connectivity index (χ4n) is 2.04. The number of nitrogens with one attached hydrogen (secondary N) is 1. The van der Waals surface area contributed by atoms with Crippen molar-refractivity contribution < 1.29 is 13.2 Å². The van der Waals surface area contributed by atoms with Gasteiger partial charge in [-0.25, -0.2) is 13.6 Å². The first-order valence-corrected chi connectivity index (χ1v) is 9.97. The summed E-state index contributed by atoms with van der Waals surface area (Å²) in [7, 11) is -3.55. The Kier molecular flexibility index (Phi) is 5.81. The average Bonchev–Trinajstić information content (AvgIpc) is 2.49. The molecule has 0 aliphatic heterocycles. The number of benzene rings is 2. The van der Waals surface area contributed by atoms with Crippen LogP contribution < -0.4 is 10.5 Å². The number of amides is 1. The number of hydrogen-bond donors (Lipinski definition) is 2. The van der Waals surface area contributed by atoms with Crippen LogP contribution in [0.3, 0.4) is 0 Å². The molecule has 1 amide bonds. The van der Waals surface area contributed by atoms with Crippen LogP contribution in [0.1, 0.15) is 21.5 Å². The normalized spacial score (nSPS) is 11.2. The third-order valence-electron chi connectivity index (χ3n) is 3.11. The van der Waals surface area contributed by atoms with E-state index in [1.165, 1.54) is 5.56 Å². The molecule has 0 bridgehead atoms. The van der Waals surface area contributed by atoms with Crippen molar-refractivity contribution >= 4 is 33.4 Å². The number of carbonyl (C=O) groups is 1. The van der Waals surface area contributed by atoms with Crippen molar-refractivity contribution in [2.75, 3.05) is 11.6 Å². The number of anilines is 1. The highest BCUT2D eigenvalue weighted by Crippen LogP contribution is 2.14. The molecule has 0 heterocycles. The van der Waals surface area contributed by atoms with Crippen LogP contribution >= 0.6 is 11.8 Å². The number of hydrogen-bond acceptors (Lipinski definition) is 4. The molecule has 0 aliphatic carbocycles. The van der Waals surface area contributed by atoms with E-state index in [0.29, 0.717) is 16.8 Å². The van der Waals surface area contributed by atoms with Gasteiger partial charge in [-0.2, -0.15) is 11.8 Å². The molecule has 2 aromatic carbocycles. The highest BCUT2D eigenvalue weighted by Gasteiger charge is 2.08. The molecule has 5 nitrogen and oxygen atoms in total. The maximum Gasteiger partial charge on any atom is 0.255 e. The molecule has 0 fully saturated rings. The zero-order valence-electron chi connectivity index (χ0n) is 12.7. The molecule has 0 unspecified atom stereocenters. The summed E-state index contributed by atoms with van der Waals surface area (Å²) in [5, 5.41) is 7.77. The molecule has 0 saturated heterocycles. The fourth-order valence-corrected chi connectivity index (χ4v) is 3.22. The molecule has 2 aromatic rings. The molecule has 3 N–H and O–H groups in total. The van der Waals surface area contributed by atoms with Crippen LogP contribution in [0.4, 0.5) is 5.69 Å². The zero-order valence-corrected chi connectivity index (χ0v) is 14.3. The Hall–Kier alpha value is -1.83. The molecule has 0 saturated carbocycles. The smallest absolute Gasteiger partial charge is 0.255 e. The second kappa shape index (κ2) is 7.63. The third kappa shape index (κ3) is 5.70. The molecule has 23 heavy (non-hydrogen) atoms. The van der Waals surface area contributed by atoms with Crippen molar-refractivity contribution in [2.45, 2.75) is 11.5 Å². The molecule has 0 aliphatic rings. The van der Waals surface area contributed by atoms with Crippen LogP contribution in [-0.2, 0) is 21.5 Å². The Morgan fingerprint density at radius 1 is 1.04 bits per heavy atom. The van der Waals surface area contributed by atoms with Gasteiger partial charge >= 0.3 is 0 Å². The van der Waals surface area contributed by atoms with Crippen LogP contribution in [0.5, 0.6) is 0 Å². The summed E-state index contributed by atoms with van der Waals surface area (Å²) in [5.41, 5.74) is 2.91. The van der Waals surface area contributed by atoms with Crippen LogP contribution in [0, 0.1) is 0 Å². The lowest BCUT2D eigenvalue weighted by atomic mass is 10.1. The molecular formula is C16H18N2O3S2. The van der Waals surface area contributed by atoms with Crippen molar-refractivity contribution in [3.05, 3.63) is 65.2 Å². The summed E-state index contributed by atoms with van der Waals surface area (Å²) >= 11 is 1.72. The van der Waals surface area contributed by atoms with E-state index in [-0.39, 0.29) is 11.7 Å². The minimum absolute atomic E-state index is 0.208. The highest BCUT2D eigenvalue weighted by atomic mass is 32.2. The Balaban J connectivity index is 2.02. The first-order chi connectivity index (χ1) is 10.9. The van der Waals surface area contributed by atoms with Gasteiger partial charge in [0.05, 0.1) is 5.75 Å². The average molecular weight is 350 g/mol. The van der Waals surface area contributed by atoms with Crippen LogP contribution in [-0.4, -0.2) is 20.6 Å². The van der Waals surface area contributed by atoms with E-state index in [1.807, 2.05) is 18.4 Å². The molecule has 122 valence electrons. The van der Waals surface area contributed by atoms with Gasteiger partial charge in [0.2, 0.25) is 10.0 Å². The summed E-state index contributed by atoms with van der Waals surface area (Å²) < 4.78 is 22.1. The first-order valence-electron chi connectivity index (χ1n) is 6.86. The van der Waals surface area contributed by atoms with Crippen molar-refractivity contribution in [3.63, 3.8) is 0 Å². The van der Waals surface area contributed by atoms with Gasteiger partial charge in [-0.15, -0.1) is 0 Å². The van der Waals surface area contributed by atoms with Gasteiger partial charge in [0, 0.05) is 17.0 Å². The lowest BCUT2D eigenvalue weighted by Gasteiger charge is -2.07. The predicted octanol–water partition coefficient (Wildman–Crippen LogP) is 2.59. The summed E-state index contributed by atoms with van der Waals surface area (Å²) in [6.07, 6.45) is 2.03. The zero-order chi connectivity index (χ0) is 16.9. The summed E-state index contributed by atoms with van der Waals surface area (Å²) in [5.74, 6) is 0.478. The van der Waals surface area contributed by atoms with E-state index in [2.05, 4.69) is 5.32 Å². The molecule has 0 radical (unpaired) electrons. The number of thioether (sulfide) groups is 1. The van der Waals surface area contributed by atoms with Crippen LogP contribution in [0.15, 0.2) is 48.5 Å². The molecular weight excluding hydrogens is 332 g/mol. The van der Waals surface area contributed by atoms with E-state index < -0.39 is 10.0 Å². The second-order valence-electron chi connectivity index (χ2n) is 5.09. The molecule has 7 heteroatoms. The molecule has 0 atom stereocenters. The van der Waals surface area contributed by atoms with Gasteiger partial charge in [0.1, 0.15) is 0 Å². The Morgan fingerprint density at radius 3 is 2.13 bits per heavy atom. The predicted molar refractivity (Wildman–Crippen MR) is 94.9 cm³/mol. The summed E-state index contributed by atoms with van der Waals surface area (Å²) in [4.78, 5) is 12.2. The van der Waals surface area contributed by atoms with E-state index in [0.717, 1.165) is 5.75 Å². The quantitative estimate of drug-likeness (QED) is 0.838. The van der Waals surface area contributed by atoms with Crippen LogP contribution in [0.2, 0.25) is 0 Å². The topological polar surface area (TPSA) is 89.3 Å². The van der Waals surface area contributed by atoms with Gasteiger partial charge in [0.25, 0.3) is 5.91 Å². The summed E-state index contributed by atoms with van der Waals surface area (Å²) in [6, 6.07) is 14.0. The van der Waals surface area contributed by atoms with Gasteiger partial charge in [-0.3, -0.25) is 4.79 Å². The number of carbonyl (C=O) groups excluding carboxylic acids is 1. The minimum Gasteiger partial charge on any atom is -0.322 e. The molecule has 0 spiro atoms. The fraction of sp³-hybridized carbons (Fsp3) is 0.188. The van der Waals surface area contributed by atoms with Crippen molar-refractivity contribution in [3.8, 4) is 0 Å². The van der Waals surface area contributed by atoms with Crippen molar-refractivity contribution in [1.29, 1.82) is 0 Å². The standard InChI is InChI=1S/C16H18N2O3S2/c1-22-10-12-2-6-14(7-3-12)16(19)18-15-8-4-13(5-9-15)11-23(17,20)21/h2-9H,10-11H2,1H3,(H,18,19)(H2,17,20,21). The lowest BCUT2D eigenvalue weighted by molar-refractivity contribution is 0.102. The number of primary sulfonamides is 1. The monoisotopic (exact) mass is 350 g/mol. The third-order valence-corrected chi connectivity index (χ3v) is 4.46. The Bertz CT molecular complexity index is 770. The number of rotatable bonds is 6. The molecule has 0 aromatic heterocycles. The lowest BCUT2D eigenvalue weighted by Crippen LogP contribution is -2.15. The maximum absolute atomic E-state index is 12.2. The first kappa shape index (κ1) is 17.5. The van der Waals surface area contributed by atoms with E-state index >= 15 is 0 Å². The Labute approximate surface area is 140 Å². The van der Waals surface area contributed by atoms with Gasteiger partial charge < -0.3 is 5.32 Å². The maximum atomic E-state index is 12.2. The second-order valence-corrected chi connectivity index (χ2v) is 7.57. The minimum atomic E-state index is -3.55. The Morgan fingerprint density at radius 2 is 1.61 bits per heavy atom.